The highest BCUT2D eigenvalue weighted by molar-refractivity contribution is 5.77. The third-order valence-electron chi connectivity index (χ3n) is 3.75. The van der Waals surface area contributed by atoms with E-state index in [1.54, 1.807) is 0 Å². The van der Waals surface area contributed by atoms with Crippen LogP contribution in [0.2, 0.25) is 0 Å². The molecule has 1 heterocycles. The molecule has 0 saturated carbocycles. The minimum Gasteiger partial charge on any atom is -0.399 e. The van der Waals surface area contributed by atoms with Crippen LogP contribution in [0.3, 0.4) is 0 Å². The van der Waals surface area contributed by atoms with Gasteiger partial charge in [0.2, 0.25) is 5.91 Å². The lowest BCUT2D eigenvalue weighted by molar-refractivity contribution is -0.132. The summed E-state index contributed by atoms with van der Waals surface area (Å²) >= 11 is 0. The quantitative estimate of drug-likeness (QED) is 0.830. The number of rotatable bonds is 4. The van der Waals surface area contributed by atoms with Crippen molar-refractivity contribution in [3.63, 3.8) is 0 Å². The number of anilines is 1. The molecule has 18 heavy (non-hydrogen) atoms. The fourth-order valence-electron chi connectivity index (χ4n) is 2.73. The van der Waals surface area contributed by atoms with Gasteiger partial charge in [-0.2, -0.15) is 0 Å². The Hall–Kier alpha value is -1.51. The van der Waals surface area contributed by atoms with E-state index < -0.39 is 0 Å². The highest BCUT2D eigenvalue weighted by Gasteiger charge is 2.26. The maximum atomic E-state index is 12.2. The lowest BCUT2D eigenvalue weighted by Gasteiger charge is -2.23. The summed E-state index contributed by atoms with van der Waals surface area (Å²) in [6.07, 6.45) is 4.78. The van der Waals surface area contributed by atoms with Crippen LogP contribution in [-0.4, -0.2) is 23.4 Å². The third-order valence-corrected chi connectivity index (χ3v) is 3.75. The van der Waals surface area contributed by atoms with E-state index >= 15 is 0 Å². The molecule has 1 fully saturated rings. The van der Waals surface area contributed by atoms with E-state index in [2.05, 4.69) is 11.8 Å². The molecule has 1 aliphatic heterocycles. The van der Waals surface area contributed by atoms with Crippen LogP contribution in [0.1, 0.15) is 38.2 Å². The summed E-state index contributed by atoms with van der Waals surface area (Å²) in [6.45, 7) is 3.10. The minimum absolute atomic E-state index is 0.293. The maximum Gasteiger partial charge on any atom is 0.223 e. The highest BCUT2D eigenvalue weighted by Crippen LogP contribution is 2.21. The molecule has 1 aliphatic rings. The number of carbonyl (C=O) groups is 1. The minimum atomic E-state index is 0.293. The second-order valence-electron chi connectivity index (χ2n) is 5.04. The van der Waals surface area contributed by atoms with Crippen LogP contribution in [0.25, 0.3) is 0 Å². The van der Waals surface area contributed by atoms with Gasteiger partial charge in [-0.15, -0.1) is 0 Å². The number of nitrogens with zero attached hydrogens (tertiary/aromatic N) is 1. The molecule has 0 aromatic heterocycles. The van der Waals surface area contributed by atoms with Crippen LogP contribution < -0.4 is 5.73 Å². The number of amides is 1. The summed E-state index contributed by atoms with van der Waals surface area (Å²) in [5.41, 5.74) is 7.65. The number of hydrogen-bond donors (Lipinski definition) is 1. The molecule has 1 amide bonds. The average Bonchev–Trinajstić information content (AvgIpc) is 2.84. The summed E-state index contributed by atoms with van der Waals surface area (Å²) in [4.78, 5) is 14.2. The Morgan fingerprint density at radius 2 is 2.33 bits per heavy atom. The van der Waals surface area contributed by atoms with Gasteiger partial charge in [0.15, 0.2) is 0 Å². The third kappa shape index (κ3) is 3.03. The topological polar surface area (TPSA) is 46.3 Å². The molecule has 98 valence electrons. The van der Waals surface area contributed by atoms with Crippen molar-refractivity contribution in [1.82, 2.24) is 4.90 Å². The van der Waals surface area contributed by atoms with Crippen LogP contribution >= 0.6 is 0 Å². The van der Waals surface area contributed by atoms with E-state index in [0.717, 1.165) is 37.1 Å². The molecular formula is C15H22N2O. The average molecular weight is 246 g/mol. The normalized spacial score (nSPS) is 19.2. The van der Waals surface area contributed by atoms with Gasteiger partial charge < -0.3 is 10.6 Å². The molecule has 0 aliphatic carbocycles. The van der Waals surface area contributed by atoms with Crippen molar-refractivity contribution in [3.8, 4) is 0 Å². The number of nitrogens with two attached hydrogens (primary N) is 1. The monoisotopic (exact) mass is 246 g/mol. The Balaban J connectivity index is 1.88. The smallest absolute Gasteiger partial charge is 0.223 e. The molecule has 0 radical (unpaired) electrons. The van der Waals surface area contributed by atoms with E-state index in [4.69, 9.17) is 5.73 Å². The molecule has 1 aromatic carbocycles. The van der Waals surface area contributed by atoms with Gasteiger partial charge in [0.05, 0.1) is 0 Å². The van der Waals surface area contributed by atoms with Crippen molar-refractivity contribution in [1.29, 1.82) is 0 Å². The first kappa shape index (κ1) is 12.9. The van der Waals surface area contributed by atoms with E-state index in [9.17, 15) is 4.79 Å². The number of carbonyl (C=O) groups excluding carboxylic acids is 1. The van der Waals surface area contributed by atoms with Crippen molar-refractivity contribution in [2.75, 3.05) is 12.3 Å². The van der Waals surface area contributed by atoms with E-state index in [1.807, 2.05) is 24.3 Å². The van der Waals surface area contributed by atoms with E-state index in [1.165, 1.54) is 6.42 Å². The summed E-state index contributed by atoms with van der Waals surface area (Å²) < 4.78 is 0. The lowest BCUT2D eigenvalue weighted by Crippen LogP contribution is -2.35. The number of likely N-dealkylation sites (tertiary alicyclic amines) is 1. The lowest BCUT2D eigenvalue weighted by atomic mass is 10.1. The van der Waals surface area contributed by atoms with Crippen LogP contribution in [-0.2, 0) is 11.2 Å². The second-order valence-corrected chi connectivity index (χ2v) is 5.04. The molecule has 1 atom stereocenters. The van der Waals surface area contributed by atoms with Crippen LogP contribution in [0.5, 0.6) is 0 Å². The summed E-state index contributed by atoms with van der Waals surface area (Å²) in [5.74, 6) is 0.293. The standard InChI is InChI=1S/C15H22N2O/c1-2-14-7-4-10-17(14)15(18)9-8-12-5-3-6-13(16)11-12/h3,5-6,11,14H,2,4,7-10,16H2,1H3. The number of nitrogen functional groups attached to an aromatic ring is 1. The Morgan fingerprint density at radius 1 is 1.50 bits per heavy atom. The molecule has 2 N–H and O–H groups in total. The van der Waals surface area contributed by atoms with Gasteiger partial charge in [-0.3, -0.25) is 4.79 Å². The van der Waals surface area contributed by atoms with Crippen molar-refractivity contribution < 1.29 is 4.79 Å². The van der Waals surface area contributed by atoms with Crippen molar-refractivity contribution in [2.45, 2.75) is 45.1 Å². The Kier molecular flexibility index (Phi) is 4.24. The van der Waals surface area contributed by atoms with Gasteiger partial charge in [-0.25, -0.2) is 0 Å². The van der Waals surface area contributed by atoms with Crippen molar-refractivity contribution in [3.05, 3.63) is 29.8 Å². The maximum absolute atomic E-state index is 12.2. The largest absolute Gasteiger partial charge is 0.399 e. The zero-order valence-corrected chi connectivity index (χ0v) is 11.1. The van der Waals surface area contributed by atoms with Crippen LogP contribution in [0, 0.1) is 0 Å². The predicted molar refractivity (Wildman–Crippen MR) is 74.2 cm³/mol. The Labute approximate surface area is 109 Å². The number of benzene rings is 1. The van der Waals surface area contributed by atoms with E-state index in [0.29, 0.717) is 18.4 Å². The van der Waals surface area contributed by atoms with Gasteiger partial charge in [0.25, 0.3) is 0 Å². The van der Waals surface area contributed by atoms with Gasteiger partial charge >= 0.3 is 0 Å². The SMILES string of the molecule is CCC1CCCN1C(=O)CCc1cccc(N)c1. The molecule has 1 aromatic rings. The van der Waals surface area contributed by atoms with Gasteiger partial charge in [0, 0.05) is 24.7 Å². The summed E-state index contributed by atoms with van der Waals surface area (Å²) in [6, 6.07) is 8.27. The highest BCUT2D eigenvalue weighted by atomic mass is 16.2. The fourth-order valence-corrected chi connectivity index (χ4v) is 2.73. The van der Waals surface area contributed by atoms with Gasteiger partial charge in [-0.1, -0.05) is 19.1 Å². The second kappa shape index (κ2) is 5.89. The van der Waals surface area contributed by atoms with Crippen LogP contribution in [0.4, 0.5) is 5.69 Å². The molecule has 3 heteroatoms. The zero-order chi connectivity index (χ0) is 13.0. The zero-order valence-electron chi connectivity index (χ0n) is 11.1. The molecule has 0 bridgehead atoms. The molecular weight excluding hydrogens is 224 g/mol. The number of hydrogen-bond acceptors (Lipinski definition) is 2. The molecule has 3 nitrogen and oxygen atoms in total. The van der Waals surface area contributed by atoms with Gasteiger partial charge in [0.1, 0.15) is 0 Å². The van der Waals surface area contributed by atoms with Crippen LogP contribution in [0.15, 0.2) is 24.3 Å². The molecule has 0 spiro atoms. The Morgan fingerprint density at radius 3 is 3.06 bits per heavy atom. The summed E-state index contributed by atoms with van der Waals surface area (Å²) in [5, 5.41) is 0. The first-order valence-corrected chi connectivity index (χ1v) is 6.84. The summed E-state index contributed by atoms with van der Waals surface area (Å²) in [7, 11) is 0. The van der Waals surface area contributed by atoms with E-state index in [-0.39, 0.29) is 0 Å². The first-order chi connectivity index (χ1) is 8.70. The Bertz CT molecular complexity index is 417. The van der Waals surface area contributed by atoms with Crippen molar-refractivity contribution in [2.24, 2.45) is 0 Å². The molecule has 2 rings (SSSR count). The van der Waals surface area contributed by atoms with Gasteiger partial charge in [-0.05, 0) is 43.4 Å². The number of aryl methyl sites for hydroxylation is 1. The van der Waals surface area contributed by atoms with Crippen molar-refractivity contribution >= 4 is 11.6 Å². The predicted octanol–water partition coefficient (Wildman–Crippen LogP) is 2.60. The fraction of sp³-hybridized carbons (Fsp3) is 0.533. The molecule has 1 unspecified atom stereocenters. The molecule has 1 saturated heterocycles. The first-order valence-electron chi connectivity index (χ1n) is 6.84.